The fraction of sp³-hybridized carbons (Fsp3) is 0.600. The summed E-state index contributed by atoms with van der Waals surface area (Å²) in [4.78, 5) is 0. The van der Waals surface area contributed by atoms with Gasteiger partial charge < -0.3 is 5.11 Å². The molecule has 3 rings (SSSR count). The van der Waals surface area contributed by atoms with Gasteiger partial charge in [-0.3, -0.25) is 0 Å². The van der Waals surface area contributed by atoms with Crippen LogP contribution in [0.15, 0.2) is 18.2 Å². The van der Waals surface area contributed by atoms with Gasteiger partial charge >= 0.3 is 0 Å². The summed E-state index contributed by atoms with van der Waals surface area (Å²) >= 11 is 0. The smallest absolute Gasteiger partial charge is 0.0962 e. The lowest BCUT2D eigenvalue weighted by molar-refractivity contribution is 0.117. The Morgan fingerprint density at radius 1 is 1.12 bits per heavy atom. The zero-order valence-electron chi connectivity index (χ0n) is 10.2. The summed E-state index contributed by atoms with van der Waals surface area (Å²) in [6, 6.07) is 6.46. The molecule has 1 aromatic rings. The van der Waals surface area contributed by atoms with Gasteiger partial charge in [0.25, 0.3) is 0 Å². The molecule has 2 unspecified atom stereocenters. The predicted molar refractivity (Wildman–Crippen MR) is 65.3 cm³/mol. The molecule has 2 fully saturated rings. The first-order valence-corrected chi connectivity index (χ1v) is 6.44. The first-order valence-electron chi connectivity index (χ1n) is 6.44. The molecule has 0 saturated heterocycles. The number of aliphatic hydroxyl groups is 1. The van der Waals surface area contributed by atoms with Crippen molar-refractivity contribution >= 4 is 0 Å². The number of benzene rings is 1. The minimum atomic E-state index is -0.478. The predicted octanol–water partition coefficient (Wildman–Crippen LogP) is 3.31. The Balaban J connectivity index is 1.98. The average Bonchev–Trinajstić information content (AvgIpc) is 2.86. The van der Waals surface area contributed by atoms with Crippen molar-refractivity contribution in [2.24, 2.45) is 11.8 Å². The summed E-state index contributed by atoms with van der Waals surface area (Å²) in [5, 5.41) is 10.8. The van der Waals surface area contributed by atoms with Crippen LogP contribution in [0.5, 0.6) is 0 Å². The number of rotatable bonds is 1. The van der Waals surface area contributed by atoms with E-state index in [1.54, 1.807) is 0 Å². The van der Waals surface area contributed by atoms with Crippen LogP contribution in [0, 0.1) is 25.7 Å². The van der Waals surface area contributed by atoms with Gasteiger partial charge in [0, 0.05) is 0 Å². The van der Waals surface area contributed by atoms with Gasteiger partial charge in [-0.05, 0) is 49.7 Å². The molecule has 0 radical (unpaired) electrons. The maximum atomic E-state index is 10.8. The summed E-state index contributed by atoms with van der Waals surface area (Å²) in [7, 11) is 0. The molecule has 0 aromatic heterocycles. The number of hydrogen-bond acceptors (Lipinski definition) is 1. The van der Waals surface area contributed by atoms with Crippen molar-refractivity contribution < 1.29 is 5.11 Å². The molecular formula is C15H20O. The molecule has 0 spiro atoms. The first kappa shape index (κ1) is 10.3. The topological polar surface area (TPSA) is 20.2 Å². The van der Waals surface area contributed by atoms with Gasteiger partial charge in [-0.15, -0.1) is 0 Å². The maximum Gasteiger partial charge on any atom is 0.0962 e. The Morgan fingerprint density at radius 3 is 2.31 bits per heavy atom. The number of fused-ring (bicyclic) bond motifs is 1. The van der Waals surface area contributed by atoms with Crippen molar-refractivity contribution in [1.82, 2.24) is 0 Å². The third kappa shape index (κ3) is 1.27. The van der Waals surface area contributed by atoms with E-state index >= 15 is 0 Å². The first-order chi connectivity index (χ1) is 7.64. The van der Waals surface area contributed by atoms with Gasteiger partial charge in [0.05, 0.1) is 5.60 Å². The lowest BCUT2D eigenvalue weighted by Gasteiger charge is -2.15. The summed E-state index contributed by atoms with van der Waals surface area (Å²) in [6.45, 7) is 4.24. The molecule has 2 aliphatic carbocycles. The van der Waals surface area contributed by atoms with Crippen molar-refractivity contribution in [2.45, 2.75) is 45.1 Å². The van der Waals surface area contributed by atoms with Gasteiger partial charge in [-0.2, -0.15) is 0 Å². The molecule has 1 aromatic carbocycles. The third-order valence-electron chi connectivity index (χ3n) is 4.60. The number of aryl methyl sites for hydroxylation is 2. The van der Waals surface area contributed by atoms with Crippen molar-refractivity contribution in [3.63, 3.8) is 0 Å². The number of hydrogen-bond donors (Lipinski definition) is 1. The normalized spacial score (nSPS) is 36.9. The second-order valence-corrected chi connectivity index (χ2v) is 5.64. The monoisotopic (exact) mass is 216 g/mol. The summed E-state index contributed by atoms with van der Waals surface area (Å²) < 4.78 is 0. The van der Waals surface area contributed by atoms with E-state index in [0.717, 1.165) is 0 Å². The minimum absolute atomic E-state index is 0.478. The maximum absolute atomic E-state index is 10.8. The molecular weight excluding hydrogens is 196 g/mol. The Hall–Kier alpha value is -0.820. The molecule has 0 bridgehead atoms. The highest BCUT2D eigenvalue weighted by atomic mass is 16.3. The van der Waals surface area contributed by atoms with Gasteiger partial charge in [0.1, 0.15) is 0 Å². The van der Waals surface area contributed by atoms with Gasteiger partial charge in [0.2, 0.25) is 0 Å². The van der Waals surface area contributed by atoms with Crippen molar-refractivity contribution in [1.29, 1.82) is 0 Å². The Morgan fingerprint density at radius 2 is 1.75 bits per heavy atom. The molecule has 2 aliphatic rings. The van der Waals surface area contributed by atoms with Crippen LogP contribution in [0.4, 0.5) is 0 Å². The molecule has 2 atom stereocenters. The van der Waals surface area contributed by atoms with E-state index in [9.17, 15) is 5.11 Å². The fourth-order valence-corrected chi connectivity index (χ4v) is 3.75. The van der Waals surface area contributed by atoms with E-state index in [1.165, 1.54) is 42.4 Å². The highest BCUT2D eigenvalue weighted by Gasteiger charge is 2.64. The molecule has 2 saturated carbocycles. The standard InChI is InChI=1S/C15H20O/c1-10-7-8-12(11(2)9-10)15(16)13-5-3-4-6-14(13)15/h7-9,13-14,16H,3-6H2,1-2H3. The molecule has 0 heterocycles. The molecule has 16 heavy (non-hydrogen) atoms. The second kappa shape index (κ2) is 3.33. The average molecular weight is 216 g/mol. The van der Waals surface area contributed by atoms with E-state index in [-0.39, 0.29) is 0 Å². The van der Waals surface area contributed by atoms with Crippen molar-refractivity contribution in [3.8, 4) is 0 Å². The van der Waals surface area contributed by atoms with Gasteiger partial charge in [-0.1, -0.05) is 36.6 Å². The van der Waals surface area contributed by atoms with E-state index in [2.05, 4.69) is 32.0 Å². The molecule has 1 nitrogen and oxygen atoms in total. The Bertz CT molecular complexity index is 409. The summed E-state index contributed by atoms with van der Waals surface area (Å²) in [5.41, 5.74) is 3.26. The van der Waals surface area contributed by atoms with Crippen LogP contribution in [0.25, 0.3) is 0 Å². The lowest BCUT2D eigenvalue weighted by Crippen LogP contribution is -2.12. The quantitative estimate of drug-likeness (QED) is 0.763. The fourth-order valence-electron chi connectivity index (χ4n) is 3.75. The zero-order valence-corrected chi connectivity index (χ0v) is 10.2. The highest BCUT2D eigenvalue weighted by molar-refractivity contribution is 5.40. The van der Waals surface area contributed by atoms with E-state index < -0.39 is 5.60 Å². The lowest BCUT2D eigenvalue weighted by atomic mass is 9.97. The largest absolute Gasteiger partial charge is 0.385 e. The highest BCUT2D eigenvalue weighted by Crippen LogP contribution is 2.64. The minimum Gasteiger partial charge on any atom is -0.385 e. The van der Waals surface area contributed by atoms with E-state index in [4.69, 9.17) is 0 Å². The van der Waals surface area contributed by atoms with E-state index in [1.807, 2.05) is 0 Å². The van der Waals surface area contributed by atoms with Crippen molar-refractivity contribution in [2.75, 3.05) is 0 Å². The second-order valence-electron chi connectivity index (χ2n) is 5.64. The van der Waals surface area contributed by atoms with Crippen LogP contribution in [-0.2, 0) is 5.60 Å². The zero-order chi connectivity index (χ0) is 11.3. The van der Waals surface area contributed by atoms with Crippen LogP contribution in [0.3, 0.4) is 0 Å². The molecule has 1 N–H and O–H groups in total. The van der Waals surface area contributed by atoms with E-state index in [0.29, 0.717) is 11.8 Å². The van der Waals surface area contributed by atoms with Crippen LogP contribution in [0.2, 0.25) is 0 Å². The molecule has 86 valence electrons. The molecule has 0 amide bonds. The van der Waals surface area contributed by atoms with Gasteiger partial charge in [0.15, 0.2) is 0 Å². The third-order valence-corrected chi connectivity index (χ3v) is 4.60. The van der Waals surface area contributed by atoms with Gasteiger partial charge in [-0.25, -0.2) is 0 Å². The van der Waals surface area contributed by atoms with Crippen LogP contribution in [-0.4, -0.2) is 5.11 Å². The van der Waals surface area contributed by atoms with Crippen LogP contribution < -0.4 is 0 Å². The molecule has 0 aliphatic heterocycles. The summed E-state index contributed by atoms with van der Waals surface area (Å²) in [5.74, 6) is 1.09. The summed E-state index contributed by atoms with van der Waals surface area (Å²) in [6.07, 6.45) is 5.03. The van der Waals surface area contributed by atoms with Crippen LogP contribution >= 0.6 is 0 Å². The van der Waals surface area contributed by atoms with Crippen molar-refractivity contribution in [3.05, 3.63) is 34.9 Å². The SMILES string of the molecule is Cc1ccc(C2(O)C3CCCCC32)c(C)c1. The van der Waals surface area contributed by atoms with Crippen LogP contribution in [0.1, 0.15) is 42.4 Å². The Labute approximate surface area is 97.5 Å². The molecule has 1 heteroatoms. The Kier molecular flexibility index (Phi) is 2.16.